The normalized spacial score (nSPS) is 16.3. The zero-order valence-corrected chi connectivity index (χ0v) is 17.0. The van der Waals surface area contributed by atoms with Crippen molar-refractivity contribution in [1.82, 2.24) is 4.90 Å². The second kappa shape index (κ2) is 8.34. The Morgan fingerprint density at radius 1 is 1.03 bits per heavy atom. The van der Waals surface area contributed by atoms with Crippen LogP contribution in [0.5, 0.6) is 0 Å². The molecule has 0 saturated carbocycles. The number of carbonyl (C=O) groups excluding carboxylic acids is 2. The molecule has 2 aromatic rings. The van der Waals surface area contributed by atoms with Crippen molar-refractivity contribution in [3.05, 3.63) is 65.7 Å². The SMILES string of the molecule is CCOC(=O)C1(c2ccccc2)CCN(C(=O)c2ccc(S(N)(=O)=O)cc2)CC1. The lowest BCUT2D eigenvalue weighted by molar-refractivity contribution is -0.152. The molecule has 2 aromatic carbocycles. The van der Waals surface area contributed by atoms with Crippen LogP contribution in [0.15, 0.2) is 59.5 Å². The van der Waals surface area contributed by atoms with Gasteiger partial charge in [-0.15, -0.1) is 0 Å². The van der Waals surface area contributed by atoms with Crippen LogP contribution >= 0.6 is 0 Å². The minimum Gasteiger partial charge on any atom is -0.465 e. The maximum atomic E-state index is 12.8. The van der Waals surface area contributed by atoms with Crippen molar-refractivity contribution >= 4 is 21.9 Å². The molecule has 1 aliphatic heterocycles. The molecule has 3 rings (SSSR count). The van der Waals surface area contributed by atoms with E-state index in [-0.39, 0.29) is 16.8 Å². The molecule has 1 aliphatic rings. The van der Waals surface area contributed by atoms with Gasteiger partial charge in [-0.2, -0.15) is 0 Å². The number of nitrogens with two attached hydrogens (primary N) is 1. The Morgan fingerprint density at radius 3 is 2.14 bits per heavy atom. The molecule has 1 amide bonds. The van der Waals surface area contributed by atoms with E-state index in [0.29, 0.717) is 38.1 Å². The lowest BCUT2D eigenvalue weighted by Crippen LogP contribution is -2.49. The van der Waals surface area contributed by atoms with E-state index in [1.807, 2.05) is 30.3 Å². The summed E-state index contributed by atoms with van der Waals surface area (Å²) in [7, 11) is -3.81. The van der Waals surface area contributed by atoms with E-state index in [1.54, 1.807) is 11.8 Å². The first kappa shape index (κ1) is 21.0. The van der Waals surface area contributed by atoms with E-state index >= 15 is 0 Å². The average molecular weight is 416 g/mol. The molecule has 1 fully saturated rings. The van der Waals surface area contributed by atoms with Crippen LogP contribution in [0.4, 0.5) is 0 Å². The number of hydrogen-bond donors (Lipinski definition) is 1. The number of primary sulfonamides is 1. The highest BCUT2D eigenvalue weighted by Gasteiger charge is 2.45. The predicted octanol–water partition coefficient (Wildman–Crippen LogP) is 2.07. The van der Waals surface area contributed by atoms with E-state index < -0.39 is 15.4 Å². The van der Waals surface area contributed by atoms with Gasteiger partial charge in [0.2, 0.25) is 10.0 Å². The summed E-state index contributed by atoms with van der Waals surface area (Å²) >= 11 is 0. The fourth-order valence-corrected chi connectivity index (χ4v) is 4.21. The van der Waals surface area contributed by atoms with Gasteiger partial charge in [-0.05, 0) is 49.6 Å². The number of hydrogen-bond acceptors (Lipinski definition) is 5. The second-order valence-electron chi connectivity index (χ2n) is 7.03. The molecule has 0 radical (unpaired) electrons. The summed E-state index contributed by atoms with van der Waals surface area (Å²) in [6.45, 7) is 2.86. The van der Waals surface area contributed by atoms with Gasteiger partial charge in [-0.25, -0.2) is 13.6 Å². The molecule has 0 unspecified atom stereocenters. The van der Waals surface area contributed by atoms with Crippen LogP contribution in [0.1, 0.15) is 35.7 Å². The smallest absolute Gasteiger partial charge is 0.316 e. The number of nitrogens with zero attached hydrogens (tertiary/aromatic N) is 1. The van der Waals surface area contributed by atoms with Gasteiger partial charge in [0, 0.05) is 18.7 Å². The molecule has 7 nitrogen and oxygen atoms in total. The van der Waals surface area contributed by atoms with Gasteiger partial charge in [-0.1, -0.05) is 30.3 Å². The van der Waals surface area contributed by atoms with Crippen LogP contribution in [-0.2, 0) is 25.0 Å². The first-order chi connectivity index (χ1) is 13.8. The lowest BCUT2D eigenvalue weighted by atomic mass is 9.72. The molecule has 1 saturated heterocycles. The van der Waals surface area contributed by atoms with Gasteiger partial charge >= 0.3 is 5.97 Å². The third-order valence-electron chi connectivity index (χ3n) is 5.33. The van der Waals surface area contributed by atoms with E-state index in [9.17, 15) is 18.0 Å². The van der Waals surface area contributed by atoms with Crippen LogP contribution in [0.2, 0.25) is 0 Å². The Labute approximate surface area is 170 Å². The summed E-state index contributed by atoms with van der Waals surface area (Å²) in [5.41, 5.74) is 0.495. The topological polar surface area (TPSA) is 107 Å². The van der Waals surface area contributed by atoms with E-state index in [0.717, 1.165) is 5.56 Å². The minimum atomic E-state index is -3.81. The zero-order valence-electron chi connectivity index (χ0n) is 16.2. The number of rotatable bonds is 5. The first-order valence-corrected chi connectivity index (χ1v) is 11.0. The van der Waals surface area contributed by atoms with Crippen LogP contribution < -0.4 is 5.14 Å². The fraction of sp³-hybridized carbons (Fsp3) is 0.333. The molecule has 0 aliphatic carbocycles. The van der Waals surface area contributed by atoms with Gasteiger partial charge in [-0.3, -0.25) is 9.59 Å². The molecule has 0 atom stereocenters. The van der Waals surface area contributed by atoms with Crippen molar-refractivity contribution in [3.8, 4) is 0 Å². The summed E-state index contributed by atoms with van der Waals surface area (Å²) < 4.78 is 28.1. The zero-order chi connectivity index (χ0) is 21.1. The maximum Gasteiger partial charge on any atom is 0.316 e. The summed E-state index contributed by atoms with van der Waals surface area (Å²) in [6, 6.07) is 15.0. The van der Waals surface area contributed by atoms with Crippen LogP contribution in [-0.4, -0.2) is 44.9 Å². The average Bonchev–Trinajstić information content (AvgIpc) is 2.73. The Bertz CT molecular complexity index is 979. The maximum absolute atomic E-state index is 12.8. The van der Waals surface area contributed by atoms with Crippen molar-refractivity contribution in [2.24, 2.45) is 5.14 Å². The van der Waals surface area contributed by atoms with Gasteiger partial charge in [0.25, 0.3) is 5.91 Å². The Morgan fingerprint density at radius 2 is 1.62 bits per heavy atom. The second-order valence-corrected chi connectivity index (χ2v) is 8.59. The monoisotopic (exact) mass is 416 g/mol. The summed E-state index contributed by atoms with van der Waals surface area (Å²) in [6.07, 6.45) is 0.910. The number of carbonyl (C=O) groups is 2. The Kier molecular flexibility index (Phi) is 6.04. The summed E-state index contributed by atoms with van der Waals surface area (Å²) in [4.78, 5) is 27.3. The largest absolute Gasteiger partial charge is 0.465 e. The van der Waals surface area contributed by atoms with Crippen molar-refractivity contribution in [2.45, 2.75) is 30.1 Å². The predicted molar refractivity (Wildman–Crippen MR) is 108 cm³/mol. The molecule has 8 heteroatoms. The fourth-order valence-electron chi connectivity index (χ4n) is 3.70. The standard InChI is InChI=1S/C21H24N2O5S/c1-2-28-20(25)21(17-6-4-3-5-7-17)12-14-23(15-13-21)19(24)16-8-10-18(11-9-16)29(22,26)27/h3-11H,2,12-15H2,1H3,(H2,22,26,27). The first-order valence-electron chi connectivity index (χ1n) is 9.43. The molecule has 0 aromatic heterocycles. The minimum absolute atomic E-state index is 0.0434. The lowest BCUT2D eigenvalue weighted by Gasteiger charge is -2.40. The molecular formula is C21H24N2O5S. The van der Waals surface area contributed by atoms with Crippen LogP contribution in [0, 0.1) is 0 Å². The molecule has 1 heterocycles. The number of sulfonamides is 1. The van der Waals surface area contributed by atoms with Crippen LogP contribution in [0.3, 0.4) is 0 Å². The third-order valence-corrected chi connectivity index (χ3v) is 6.26. The Hall–Kier alpha value is -2.71. The summed E-state index contributed by atoms with van der Waals surface area (Å²) in [5, 5.41) is 5.10. The molecule has 29 heavy (non-hydrogen) atoms. The number of ether oxygens (including phenoxy) is 1. The third kappa shape index (κ3) is 4.33. The molecule has 0 spiro atoms. The molecule has 154 valence electrons. The summed E-state index contributed by atoms with van der Waals surface area (Å²) in [5.74, 6) is -0.479. The number of piperidine rings is 1. The van der Waals surface area contributed by atoms with Crippen molar-refractivity contribution < 1.29 is 22.7 Å². The number of likely N-dealkylation sites (tertiary alicyclic amines) is 1. The Balaban J connectivity index is 1.78. The van der Waals surface area contributed by atoms with Crippen LogP contribution in [0.25, 0.3) is 0 Å². The van der Waals surface area contributed by atoms with Gasteiger partial charge in [0.15, 0.2) is 0 Å². The molecule has 2 N–H and O–H groups in total. The van der Waals surface area contributed by atoms with Crippen molar-refractivity contribution in [2.75, 3.05) is 19.7 Å². The van der Waals surface area contributed by atoms with Gasteiger partial charge in [0.1, 0.15) is 0 Å². The highest BCUT2D eigenvalue weighted by atomic mass is 32.2. The number of benzene rings is 2. The van der Waals surface area contributed by atoms with Crippen molar-refractivity contribution in [3.63, 3.8) is 0 Å². The van der Waals surface area contributed by atoms with E-state index in [1.165, 1.54) is 24.3 Å². The van der Waals surface area contributed by atoms with Gasteiger partial charge in [0.05, 0.1) is 16.9 Å². The van der Waals surface area contributed by atoms with E-state index in [4.69, 9.17) is 9.88 Å². The van der Waals surface area contributed by atoms with Gasteiger partial charge < -0.3 is 9.64 Å². The van der Waals surface area contributed by atoms with Crippen molar-refractivity contribution in [1.29, 1.82) is 0 Å². The van der Waals surface area contributed by atoms with E-state index in [2.05, 4.69) is 0 Å². The molecular weight excluding hydrogens is 392 g/mol. The quantitative estimate of drug-likeness (QED) is 0.751. The molecule has 0 bridgehead atoms. The number of esters is 1. The highest BCUT2D eigenvalue weighted by molar-refractivity contribution is 7.89. The number of amides is 1. The highest BCUT2D eigenvalue weighted by Crippen LogP contribution is 2.37.